The van der Waals surface area contributed by atoms with Crippen molar-refractivity contribution in [1.29, 1.82) is 0 Å². The summed E-state index contributed by atoms with van der Waals surface area (Å²) >= 11 is 0. The standard InChI is InChI=1S/C15H20N2O/c1-10-7-13(8-10)17-15(18)12-4-5-14-11(9-12)3-2-6-16-14/h4-5,9-10,13,16H,2-3,6-8H2,1H3,(H,17,18). The van der Waals surface area contributed by atoms with Gasteiger partial charge >= 0.3 is 0 Å². The second-order valence-corrected chi connectivity index (χ2v) is 5.65. The largest absolute Gasteiger partial charge is 0.385 e. The molecular weight excluding hydrogens is 224 g/mol. The monoisotopic (exact) mass is 244 g/mol. The van der Waals surface area contributed by atoms with Crippen LogP contribution in [0.4, 0.5) is 5.69 Å². The van der Waals surface area contributed by atoms with Gasteiger partial charge in [-0.15, -0.1) is 0 Å². The van der Waals surface area contributed by atoms with Crippen molar-refractivity contribution in [3.8, 4) is 0 Å². The molecule has 0 radical (unpaired) electrons. The molecule has 3 nitrogen and oxygen atoms in total. The van der Waals surface area contributed by atoms with E-state index in [0.29, 0.717) is 6.04 Å². The SMILES string of the molecule is CC1CC(NC(=O)c2ccc3c(c2)CCCN3)C1. The molecule has 0 aromatic heterocycles. The number of rotatable bonds is 2. The number of nitrogens with one attached hydrogen (secondary N) is 2. The van der Waals surface area contributed by atoms with Gasteiger partial charge in [-0.3, -0.25) is 4.79 Å². The van der Waals surface area contributed by atoms with E-state index >= 15 is 0 Å². The lowest BCUT2D eigenvalue weighted by molar-refractivity contribution is 0.0896. The minimum Gasteiger partial charge on any atom is -0.385 e. The van der Waals surface area contributed by atoms with Crippen LogP contribution in [0.2, 0.25) is 0 Å². The summed E-state index contributed by atoms with van der Waals surface area (Å²) in [5, 5.41) is 6.48. The maximum absolute atomic E-state index is 12.1. The zero-order chi connectivity index (χ0) is 12.5. The Morgan fingerprint density at radius 3 is 3.00 bits per heavy atom. The van der Waals surface area contributed by atoms with Gasteiger partial charge in [-0.1, -0.05) is 6.92 Å². The number of benzene rings is 1. The Balaban J connectivity index is 1.69. The first-order valence-corrected chi connectivity index (χ1v) is 6.90. The van der Waals surface area contributed by atoms with Crippen molar-refractivity contribution in [1.82, 2.24) is 5.32 Å². The zero-order valence-corrected chi connectivity index (χ0v) is 10.8. The number of amides is 1. The van der Waals surface area contributed by atoms with E-state index in [1.165, 1.54) is 11.3 Å². The Morgan fingerprint density at radius 1 is 1.39 bits per heavy atom. The number of carbonyl (C=O) groups is 1. The minimum atomic E-state index is 0.0836. The van der Waals surface area contributed by atoms with Crippen molar-refractivity contribution >= 4 is 11.6 Å². The summed E-state index contributed by atoms with van der Waals surface area (Å²) in [6.45, 7) is 3.27. The maximum Gasteiger partial charge on any atom is 0.251 e. The van der Waals surface area contributed by atoms with Crippen molar-refractivity contribution in [2.75, 3.05) is 11.9 Å². The van der Waals surface area contributed by atoms with E-state index in [1.54, 1.807) is 0 Å². The first kappa shape index (κ1) is 11.6. The van der Waals surface area contributed by atoms with Crippen LogP contribution in [0.3, 0.4) is 0 Å². The van der Waals surface area contributed by atoms with Crippen molar-refractivity contribution in [2.45, 2.75) is 38.6 Å². The van der Waals surface area contributed by atoms with E-state index in [-0.39, 0.29) is 5.91 Å². The second kappa shape index (κ2) is 4.63. The zero-order valence-electron chi connectivity index (χ0n) is 10.8. The van der Waals surface area contributed by atoms with E-state index < -0.39 is 0 Å². The average Bonchev–Trinajstić information content (AvgIpc) is 2.36. The summed E-state index contributed by atoms with van der Waals surface area (Å²) in [6, 6.07) is 6.39. The first-order valence-electron chi connectivity index (χ1n) is 6.90. The third kappa shape index (κ3) is 2.22. The molecule has 0 bridgehead atoms. The third-order valence-corrected chi connectivity index (χ3v) is 4.01. The number of hydrogen-bond donors (Lipinski definition) is 2. The van der Waals surface area contributed by atoms with Crippen LogP contribution in [0, 0.1) is 5.92 Å². The normalized spacial score (nSPS) is 25.6. The molecule has 1 amide bonds. The van der Waals surface area contributed by atoms with Crippen LogP contribution in [0.25, 0.3) is 0 Å². The lowest BCUT2D eigenvalue weighted by Gasteiger charge is -2.33. The number of aryl methyl sites for hydroxylation is 1. The Labute approximate surface area is 108 Å². The topological polar surface area (TPSA) is 41.1 Å². The van der Waals surface area contributed by atoms with E-state index in [2.05, 4.69) is 17.6 Å². The number of hydrogen-bond acceptors (Lipinski definition) is 2. The van der Waals surface area contributed by atoms with Crippen molar-refractivity contribution in [3.63, 3.8) is 0 Å². The van der Waals surface area contributed by atoms with Gasteiger partial charge in [0, 0.05) is 23.8 Å². The van der Waals surface area contributed by atoms with E-state index in [1.807, 2.05) is 18.2 Å². The molecule has 0 saturated heterocycles. The van der Waals surface area contributed by atoms with Crippen LogP contribution < -0.4 is 10.6 Å². The molecule has 2 aliphatic rings. The highest BCUT2D eigenvalue weighted by Crippen LogP contribution is 2.27. The molecule has 18 heavy (non-hydrogen) atoms. The van der Waals surface area contributed by atoms with Crippen LogP contribution in [0.5, 0.6) is 0 Å². The molecule has 3 heteroatoms. The Kier molecular flexibility index (Phi) is 2.98. The number of fused-ring (bicyclic) bond motifs is 1. The molecule has 1 heterocycles. The maximum atomic E-state index is 12.1. The van der Waals surface area contributed by atoms with Crippen LogP contribution >= 0.6 is 0 Å². The molecule has 3 rings (SSSR count). The minimum absolute atomic E-state index is 0.0836. The van der Waals surface area contributed by atoms with Gasteiger partial charge in [0.2, 0.25) is 0 Å². The van der Waals surface area contributed by atoms with Crippen molar-refractivity contribution in [2.24, 2.45) is 5.92 Å². The Hall–Kier alpha value is -1.51. The summed E-state index contributed by atoms with van der Waals surface area (Å²) in [6.07, 6.45) is 4.47. The van der Waals surface area contributed by atoms with Gasteiger partial charge in [-0.2, -0.15) is 0 Å². The van der Waals surface area contributed by atoms with Gasteiger partial charge in [0.15, 0.2) is 0 Å². The third-order valence-electron chi connectivity index (χ3n) is 4.01. The molecule has 0 unspecified atom stereocenters. The lowest BCUT2D eigenvalue weighted by atomic mass is 9.82. The first-order chi connectivity index (χ1) is 8.72. The lowest BCUT2D eigenvalue weighted by Crippen LogP contribution is -2.43. The highest BCUT2D eigenvalue weighted by atomic mass is 16.1. The summed E-state index contributed by atoms with van der Waals surface area (Å²) in [5.41, 5.74) is 3.27. The fraction of sp³-hybridized carbons (Fsp3) is 0.533. The summed E-state index contributed by atoms with van der Waals surface area (Å²) in [5.74, 6) is 0.850. The van der Waals surface area contributed by atoms with Crippen LogP contribution in [0.1, 0.15) is 42.1 Å². The smallest absolute Gasteiger partial charge is 0.251 e. The Bertz CT molecular complexity index is 464. The molecule has 1 saturated carbocycles. The summed E-state index contributed by atoms with van der Waals surface area (Å²) in [4.78, 5) is 12.1. The van der Waals surface area contributed by atoms with E-state index in [0.717, 1.165) is 43.7 Å². The van der Waals surface area contributed by atoms with Gasteiger partial charge in [0.25, 0.3) is 5.91 Å². The molecule has 0 atom stereocenters. The molecular formula is C15H20N2O. The molecule has 1 aromatic carbocycles. The fourth-order valence-corrected chi connectivity index (χ4v) is 2.91. The number of anilines is 1. The van der Waals surface area contributed by atoms with Crippen molar-refractivity contribution in [3.05, 3.63) is 29.3 Å². The molecule has 1 fully saturated rings. The quantitative estimate of drug-likeness (QED) is 0.839. The number of carbonyl (C=O) groups excluding carboxylic acids is 1. The second-order valence-electron chi connectivity index (χ2n) is 5.65. The molecule has 1 aliphatic carbocycles. The summed E-state index contributed by atoms with van der Waals surface area (Å²) in [7, 11) is 0. The van der Waals surface area contributed by atoms with Gasteiger partial charge < -0.3 is 10.6 Å². The van der Waals surface area contributed by atoms with Gasteiger partial charge in [0.05, 0.1) is 0 Å². The molecule has 2 N–H and O–H groups in total. The van der Waals surface area contributed by atoms with Gasteiger partial charge in [-0.25, -0.2) is 0 Å². The van der Waals surface area contributed by atoms with Crippen LogP contribution in [-0.4, -0.2) is 18.5 Å². The predicted molar refractivity (Wildman–Crippen MR) is 72.9 cm³/mol. The molecule has 0 spiro atoms. The van der Waals surface area contributed by atoms with E-state index in [9.17, 15) is 4.79 Å². The van der Waals surface area contributed by atoms with Crippen molar-refractivity contribution < 1.29 is 4.79 Å². The fourth-order valence-electron chi connectivity index (χ4n) is 2.91. The van der Waals surface area contributed by atoms with Gasteiger partial charge in [-0.05, 0) is 55.4 Å². The Morgan fingerprint density at radius 2 is 2.22 bits per heavy atom. The molecule has 1 aliphatic heterocycles. The summed E-state index contributed by atoms with van der Waals surface area (Å²) < 4.78 is 0. The molecule has 96 valence electrons. The van der Waals surface area contributed by atoms with E-state index in [4.69, 9.17) is 0 Å². The van der Waals surface area contributed by atoms with Crippen LogP contribution in [0.15, 0.2) is 18.2 Å². The highest BCUT2D eigenvalue weighted by Gasteiger charge is 2.27. The van der Waals surface area contributed by atoms with Crippen LogP contribution in [-0.2, 0) is 6.42 Å². The predicted octanol–water partition coefficient (Wildman–Crippen LogP) is 2.57. The highest BCUT2D eigenvalue weighted by molar-refractivity contribution is 5.95. The van der Waals surface area contributed by atoms with Gasteiger partial charge in [0.1, 0.15) is 0 Å². The molecule has 1 aromatic rings. The average molecular weight is 244 g/mol.